The van der Waals surface area contributed by atoms with Crippen LogP contribution in [0.5, 0.6) is 0 Å². The van der Waals surface area contributed by atoms with E-state index in [2.05, 4.69) is 5.32 Å². The van der Waals surface area contributed by atoms with Gasteiger partial charge in [-0.15, -0.1) is 0 Å². The Labute approximate surface area is 204 Å². The smallest absolute Gasteiger partial charge is 0.335 e. The maximum atomic E-state index is 13.4. The van der Waals surface area contributed by atoms with Crippen LogP contribution in [0.15, 0.2) is 65.8 Å². The van der Waals surface area contributed by atoms with Gasteiger partial charge in [0.15, 0.2) is 0 Å². The highest BCUT2D eigenvalue weighted by molar-refractivity contribution is 7.89. The van der Waals surface area contributed by atoms with Crippen molar-refractivity contribution in [3.05, 3.63) is 77.6 Å². The second-order valence-corrected chi connectivity index (χ2v) is 10.6. The summed E-state index contributed by atoms with van der Waals surface area (Å²) >= 11 is 0. The molecular weight excluding hydrogens is 470 g/mol. The van der Waals surface area contributed by atoms with E-state index < -0.39 is 27.9 Å². The number of likely N-dealkylation sites (tertiary alicyclic amines) is 1. The van der Waals surface area contributed by atoms with Crippen molar-refractivity contribution in [3.8, 4) is 0 Å². The van der Waals surface area contributed by atoms with Gasteiger partial charge in [0.05, 0.1) is 22.9 Å². The Hall–Kier alpha value is -3.66. The van der Waals surface area contributed by atoms with Crippen molar-refractivity contribution < 1.29 is 27.9 Å². The first kappa shape index (κ1) is 24.5. The van der Waals surface area contributed by atoms with Crippen LogP contribution in [0.2, 0.25) is 0 Å². The van der Waals surface area contributed by atoms with Gasteiger partial charge in [-0.3, -0.25) is 13.9 Å². The number of piperidine rings is 1. The molecule has 10 heteroatoms. The Balaban J connectivity index is 1.58. The molecule has 0 aromatic heterocycles. The molecule has 2 atom stereocenters. The fourth-order valence-corrected chi connectivity index (χ4v) is 5.93. The van der Waals surface area contributed by atoms with Gasteiger partial charge in [-0.1, -0.05) is 29.8 Å². The van der Waals surface area contributed by atoms with Gasteiger partial charge in [-0.05, 0) is 56.0 Å². The number of aryl methyl sites for hydroxylation is 1. The number of benzene rings is 2. The number of hydrogen-bond donors (Lipinski definition) is 2. The molecular formula is C25H27N3O6S. The van der Waals surface area contributed by atoms with Crippen LogP contribution in [-0.4, -0.2) is 53.1 Å². The first-order valence-corrected chi connectivity index (χ1v) is 12.8. The van der Waals surface area contributed by atoms with Crippen LogP contribution < -0.4 is 5.32 Å². The molecule has 1 fully saturated rings. The molecule has 0 radical (unpaired) electrons. The minimum atomic E-state index is -4.06. The second kappa shape index (κ2) is 9.91. The largest absolute Gasteiger partial charge is 0.478 e. The van der Waals surface area contributed by atoms with Gasteiger partial charge in [-0.25, -0.2) is 13.2 Å². The molecule has 2 amide bonds. The lowest BCUT2D eigenvalue weighted by Gasteiger charge is -2.38. The third kappa shape index (κ3) is 5.07. The SMILES string of the molecule is Cc1ccc(S(=O)(=O)N2C=CNC(=O)[C@H]2CC(=O)N2CCCC[C@H]2c2ccc(C(=O)O)cc2)cc1. The molecule has 9 nitrogen and oxygen atoms in total. The standard InChI is InChI=1S/C25H27N3O6S/c1-17-5-11-20(12-6-17)35(33,34)28-15-13-26-24(30)22(28)16-23(29)27-14-3-2-4-21(27)18-7-9-19(10-8-18)25(31)32/h5-13,15,21-22H,2-4,14,16H2,1H3,(H,26,30)(H,31,32)/t21-,22+/m0/s1. The second-order valence-electron chi connectivity index (χ2n) is 8.72. The summed E-state index contributed by atoms with van der Waals surface area (Å²) in [6.07, 6.45) is 4.59. The van der Waals surface area contributed by atoms with Crippen LogP contribution in [0.25, 0.3) is 0 Å². The Kier molecular flexibility index (Phi) is 6.93. The predicted molar refractivity (Wildman–Crippen MR) is 128 cm³/mol. The van der Waals surface area contributed by atoms with E-state index in [9.17, 15) is 22.8 Å². The molecule has 0 bridgehead atoms. The summed E-state index contributed by atoms with van der Waals surface area (Å²) in [6.45, 7) is 2.31. The molecule has 2 aromatic carbocycles. The Morgan fingerprint density at radius 3 is 2.40 bits per heavy atom. The van der Waals surface area contributed by atoms with Gasteiger partial charge in [0.1, 0.15) is 6.04 Å². The number of amides is 2. The van der Waals surface area contributed by atoms with Crippen molar-refractivity contribution in [2.24, 2.45) is 0 Å². The van der Waals surface area contributed by atoms with Crippen molar-refractivity contribution in [2.75, 3.05) is 6.54 Å². The number of carbonyl (C=O) groups excluding carboxylic acids is 2. The number of carboxylic acids is 1. The lowest BCUT2D eigenvalue weighted by Crippen LogP contribution is -2.52. The van der Waals surface area contributed by atoms with Gasteiger partial charge >= 0.3 is 5.97 Å². The molecule has 35 heavy (non-hydrogen) atoms. The summed E-state index contributed by atoms with van der Waals surface area (Å²) in [5.41, 5.74) is 1.86. The van der Waals surface area contributed by atoms with Gasteiger partial charge < -0.3 is 15.3 Å². The van der Waals surface area contributed by atoms with Gasteiger partial charge in [0.2, 0.25) is 11.8 Å². The number of rotatable bonds is 6. The lowest BCUT2D eigenvalue weighted by atomic mass is 9.93. The summed E-state index contributed by atoms with van der Waals surface area (Å²) in [4.78, 5) is 39.0. The van der Waals surface area contributed by atoms with E-state index in [0.29, 0.717) is 13.0 Å². The molecule has 2 aliphatic rings. The van der Waals surface area contributed by atoms with Gasteiger partial charge in [0.25, 0.3) is 10.0 Å². The monoisotopic (exact) mass is 497 g/mol. The molecule has 2 aromatic rings. The lowest BCUT2D eigenvalue weighted by molar-refractivity contribution is -0.138. The average Bonchev–Trinajstić information content (AvgIpc) is 2.85. The third-order valence-electron chi connectivity index (χ3n) is 6.39. The number of nitrogens with zero attached hydrogens (tertiary/aromatic N) is 2. The summed E-state index contributed by atoms with van der Waals surface area (Å²) in [5, 5.41) is 11.7. The van der Waals surface area contributed by atoms with Gasteiger partial charge in [-0.2, -0.15) is 0 Å². The molecule has 184 valence electrons. The molecule has 0 saturated carbocycles. The maximum Gasteiger partial charge on any atom is 0.335 e. The number of hydrogen-bond acceptors (Lipinski definition) is 5. The number of carbonyl (C=O) groups is 3. The fraction of sp³-hybridized carbons (Fsp3) is 0.320. The number of nitrogens with one attached hydrogen (secondary N) is 1. The summed E-state index contributed by atoms with van der Waals surface area (Å²) in [6, 6.07) is 11.2. The summed E-state index contributed by atoms with van der Waals surface area (Å²) in [5.74, 6) is -1.94. The zero-order valence-corrected chi connectivity index (χ0v) is 20.1. The molecule has 2 N–H and O–H groups in total. The van der Waals surface area contributed by atoms with Crippen molar-refractivity contribution in [3.63, 3.8) is 0 Å². The van der Waals surface area contributed by atoms with Crippen LogP contribution in [0, 0.1) is 6.92 Å². The zero-order chi connectivity index (χ0) is 25.2. The molecule has 2 aliphatic heterocycles. The first-order chi connectivity index (χ1) is 16.7. The minimum absolute atomic E-state index is 0.0364. The van der Waals surface area contributed by atoms with Crippen molar-refractivity contribution in [1.29, 1.82) is 0 Å². The van der Waals surface area contributed by atoms with Crippen LogP contribution in [0.1, 0.15) is 53.2 Å². The maximum absolute atomic E-state index is 13.4. The summed E-state index contributed by atoms with van der Waals surface area (Å²) in [7, 11) is -4.06. The first-order valence-electron chi connectivity index (χ1n) is 11.4. The predicted octanol–water partition coefficient (Wildman–Crippen LogP) is 2.80. The Morgan fingerprint density at radius 2 is 1.74 bits per heavy atom. The third-order valence-corrected chi connectivity index (χ3v) is 8.19. The minimum Gasteiger partial charge on any atom is -0.478 e. The van der Waals surface area contributed by atoms with Gasteiger partial charge in [0, 0.05) is 18.9 Å². The molecule has 0 spiro atoms. The average molecular weight is 498 g/mol. The molecule has 0 unspecified atom stereocenters. The summed E-state index contributed by atoms with van der Waals surface area (Å²) < 4.78 is 27.6. The van der Waals surface area contributed by atoms with Crippen LogP contribution in [0.3, 0.4) is 0 Å². The quantitative estimate of drug-likeness (QED) is 0.633. The molecule has 2 heterocycles. The van der Waals surface area contributed by atoms with E-state index in [1.165, 1.54) is 36.7 Å². The molecule has 4 rings (SSSR count). The highest BCUT2D eigenvalue weighted by Gasteiger charge is 2.39. The van der Waals surface area contributed by atoms with Crippen molar-refractivity contribution in [1.82, 2.24) is 14.5 Å². The fourth-order valence-electron chi connectivity index (χ4n) is 4.48. The number of sulfonamides is 1. The van der Waals surface area contributed by atoms with E-state index in [4.69, 9.17) is 5.11 Å². The van der Waals surface area contributed by atoms with Crippen molar-refractivity contribution >= 4 is 27.8 Å². The van der Waals surface area contributed by atoms with E-state index in [0.717, 1.165) is 28.3 Å². The zero-order valence-electron chi connectivity index (χ0n) is 19.3. The van der Waals surface area contributed by atoms with E-state index in [1.807, 2.05) is 6.92 Å². The van der Waals surface area contributed by atoms with E-state index >= 15 is 0 Å². The highest BCUT2D eigenvalue weighted by Crippen LogP contribution is 2.33. The number of carboxylic acid groups (broad SMARTS) is 1. The van der Waals surface area contributed by atoms with Crippen molar-refractivity contribution in [2.45, 2.75) is 49.6 Å². The highest BCUT2D eigenvalue weighted by atomic mass is 32.2. The topological polar surface area (TPSA) is 124 Å². The van der Waals surface area contributed by atoms with Crippen LogP contribution in [0.4, 0.5) is 0 Å². The normalized spacial score (nSPS) is 20.4. The Bertz CT molecular complexity index is 1260. The molecule has 0 aliphatic carbocycles. The van der Waals surface area contributed by atoms with E-state index in [1.54, 1.807) is 29.2 Å². The number of aromatic carboxylic acids is 1. The van der Waals surface area contributed by atoms with Crippen LogP contribution >= 0.6 is 0 Å². The molecule has 1 saturated heterocycles. The Morgan fingerprint density at radius 1 is 1.06 bits per heavy atom. The van der Waals surface area contributed by atoms with E-state index in [-0.39, 0.29) is 28.8 Å². The van der Waals surface area contributed by atoms with Crippen LogP contribution in [-0.2, 0) is 19.6 Å².